The summed E-state index contributed by atoms with van der Waals surface area (Å²) < 4.78 is 5.06. The zero-order valence-corrected chi connectivity index (χ0v) is 11.3. The summed E-state index contributed by atoms with van der Waals surface area (Å²) in [6.45, 7) is 1.41. The monoisotopic (exact) mass is 269 g/mol. The topological polar surface area (TPSA) is 55.4 Å². The predicted molar refractivity (Wildman–Crippen MR) is 77.2 cm³/mol. The van der Waals surface area contributed by atoms with Crippen molar-refractivity contribution < 1.29 is 14.3 Å². The fraction of sp³-hybridized carbons (Fsp3) is 0.125. The second kappa shape index (κ2) is 6.02. The summed E-state index contributed by atoms with van der Waals surface area (Å²) in [5.74, 6) is 0.341. The quantitative estimate of drug-likeness (QED) is 0.868. The van der Waals surface area contributed by atoms with Gasteiger partial charge in [0.2, 0.25) is 5.91 Å². The maximum Gasteiger partial charge on any atom is 0.221 e. The Morgan fingerprint density at radius 3 is 2.25 bits per heavy atom. The van der Waals surface area contributed by atoms with Gasteiger partial charge in [-0.1, -0.05) is 12.1 Å². The molecule has 0 atom stereocenters. The molecule has 0 saturated carbocycles. The van der Waals surface area contributed by atoms with Crippen molar-refractivity contribution in [2.24, 2.45) is 0 Å². The van der Waals surface area contributed by atoms with Gasteiger partial charge in [-0.3, -0.25) is 9.59 Å². The van der Waals surface area contributed by atoms with Crippen LogP contribution in [0.2, 0.25) is 0 Å². The van der Waals surface area contributed by atoms with Crippen LogP contribution < -0.4 is 10.1 Å². The molecule has 0 spiro atoms. The van der Waals surface area contributed by atoms with E-state index < -0.39 is 0 Å². The van der Waals surface area contributed by atoms with Crippen molar-refractivity contribution in [1.29, 1.82) is 0 Å². The fourth-order valence-electron chi connectivity index (χ4n) is 1.88. The first-order chi connectivity index (χ1) is 9.61. The zero-order chi connectivity index (χ0) is 14.5. The van der Waals surface area contributed by atoms with E-state index in [-0.39, 0.29) is 11.7 Å². The van der Waals surface area contributed by atoms with Gasteiger partial charge in [0.05, 0.1) is 12.8 Å². The molecule has 2 aromatic carbocycles. The van der Waals surface area contributed by atoms with Crippen LogP contribution in [-0.2, 0) is 4.79 Å². The van der Waals surface area contributed by atoms with Crippen LogP contribution in [0.5, 0.6) is 5.75 Å². The Balaban J connectivity index is 2.34. The van der Waals surface area contributed by atoms with Gasteiger partial charge in [0.15, 0.2) is 5.78 Å². The number of para-hydroxylation sites is 1. The molecule has 2 aromatic rings. The molecule has 1 N–H and O–H groups in total. The van der Waals surface area contributed by atoms with Crippen LogP contribution in [0.1, 0.15) is 22.8 Å². The normalized spacial score (nSPS) is 9.90. The number of carbonyl (C=O) groups is 2. The van der Waals surface area contributed by atoms with Crippen LogP contribution in [0.25, 0.3) is 0 Å². The third-order valence-corrected chi connectivity index (χ3v) is 2.83. The zero-order valence-electron chi connectivity index (χ0n) is 11.3. The minimum absolute atomic E-state index is 0.142. The number of benzene rings is 2. The molecule has 4 heteroatoms. The number of amides is 1. The lowest BCUT2D eigenvalue weighted by atomic mass is 10.0. The molecule has 0 radical (unpaired) electrons. The highest BCUT2D eigenvalue weighted by molar-refractivity contribution is 6.13. The molecule has 0 fully saturated rings. The lowest BCUT2D eigenvalue weighted by Crippen LogP contribution is -2.11. The molecule has 0 aromatic heterocycles. The van der Waals surface area contributed by atoms with Crippen molar-refractivity contribution >= 4 is 17.4 Å². The van der Waals surface area contributed by atoms with Crippen LogP contribution in [0, 0.1) is 0 Å². The number of carbonyl (C=O) groups excluding carboxylic acids is 2. The summed E-state index contributed by atoms with van der Waals surface area (Å²) in [7, 11) is 1.57. The molecular weight excluding hydrogens is 254 g/mol. The molecule has 1 amide bonds. The number of hydrogen-bond acceptors (Lipinski definition) is 3. The van der Waals surface area contributed by atoms with E-state index in [0.717, 1.165) is 0 Å². The van der Waals surface area contributed by atoms with Crippen LogP contribution in [-0.4, -0.2) is 18.8 Å². The Hall–Kier alpha value is -2.62. The fourth-order valence-corrected chi connectivity index (χ4v) is 1.88. The van der Waals surface area contributed by atoms with Crippen LogP contribution in [0.3, 0.4) is 0 Å². The van der Waals surface area contributed by atoms with E-state index in [4.69, 9.17) is 4.74 Å². The Kier molecular flexibility index (Phi) is 4.15. The van der Waals surface area contributed by atoms with Gasteiger partial charge in [-0.25, -0.2) is 0 Å². The molecule has 0 aliphatic heterocycles. The Morgan fingerprint density at radius 1 is 1.00 bits per heavy atom. The number of anilines is 1. The van der Waals surface area contributed by atoms with Crippen molar-refractivity contribution in [2.75, 3.05) is 12.4 Å². The standard InChI is InChI=1S/C16H15NO3/c1-11(18)17-15-6-4-3-5-14(15)16(19)12-7-9-13(20-2)10-8-12/h3-10H,1-2H3,(H,17,18). The molecule has 102 valence electrons. The molecule has 0 heterocycles. The average molecular weight is 269 g/mol. The van der Waals surface area contributed by atoms with Gasteiger partial charge in [-0.05, 0) is 36.4 Å². The highest BCUT2D eigenvalue weighted by atomic mass is 16.5. The smallest absolute Gasteiger partial charge is 0.221 e. The first-order valence-electron chi connectivity index (χ1n) is 6.17. The average Bonchev–Trinajstić information content (AvgIpc) is 2.46. The molecule has 0 bridgehead atoms. The molecule has 20 heavy (non-hydrogen) atoms. The Morgan fingerprint density at radius 2 is 1.65 bits per heavy atom. The first kappa shape index (κ1) is 13.8. The third kappa shape index (κ3) is 3.03. The van der Waals surface area contributed by atoms with Gasteiger partial charge >= 0.3 is 0 Å². The largest absolute Gasteiger partial charge is 0.497 e. The summed E-state index contributed by atoms with van der Waals surface area (Å²) >= 11 is 0. The molecular formula is C16H15NO3. The van der Waals surface area contributed by atoms with Gasteiger partial charge < -0.3 is 10.1 Å². The Bertz CT molecular complexity index is 632. The molecule has 0 aliphatic rings. The van der Waals surface area contributed by atoms with Gasteiger partial charge in [-0.2, -0.15) is 0 Å². The van der Waals surface area contributed by atoms with E-state index in [2.05, 4.69) is 5.32 Å². The molecule has 2 rings (SSSR count). The number of ketones is 1. The molecule has 0 unspecified atom stereocenters. The SMILES string of the molecule is COc1ccc(C(=O)c2ccccc2NC(C)=O)cc1. The molecule has 4 nitrogen and oxygen atoms in total. The van der Waals surface area contributed by atoms with Crippen molar-refractivity contribution in [3.05, 3.63) is 59.7 Å². The third-order valence-electron chi connectivity index (χ3n) is 2.83. The van der Waals surface area contributed by atoms with Crippen LogP contribution in [0.4, 0.5) is 5.69 Å². The number of rotatable bonds is 4. The van der Waals surface area contributed by atoms with Crippen molar-refractivity contribution in [3.63, 3.8) is 0 Å². The lowest BCUT2D eigenvalue weighted by Gasteiger charge is -2.09. The second-order valence-corrected chi connectivity index (χ2v) is 4.28. The van der Waals surface area contributed by atoms with Crippen molar-refractivity contribution in [2.45, 2.75) is 6.92 Å². The van der Waals surface area contributed by atoms with E-state index in [0.29, 0.717) is 22.6 Å². The van der Waals surface area contributed by atoms with Crippen molar-refractivity contribution in [1.82, 2.24) is 0 Å². The lowest BCUT2D eigenvalue weighted by molar-refractivity contribution is -0.114. The van der Waals surface area contributed by atoms with E-state index in [1.54, 1.807) is 55.6 Å². The Labute approximate surface area is 117 Å². The summed E-state index contributed by atoms with van der Waals surface area (Å²) in [5.41, 5.74) is 1.53. The van der Waals surface area contributed by atoms with E-state index in [1.807, 2.05) is 0 Å². The summed E-state index contributed by atoms with van der Waals surface area (Å²) in [6, 6.07) is 13.8. The summed E-state index contributed by atoms with van der Waals surface area (Å²) in [5, 5.41) is 2.66. The van der Waals surface area contributed by atoms with Gasteiger partial charge in [-0.15, -0.1) is 0 Å². The number of hydrogen-bond donors (Lipinski definition) is 1. The van der Waals surface area contributed by atoms with Crippen molar-refractivity contribution in [3.8, 4) is 5.75 Å². The maximum atomic E-state index is 12.5. The summed E-state index contributed by atoms with van der Waals surface area (Å²) in [6.07, 6.45) is 0. The maximum absolute atomic E-state index is 12.5. The van der Waals surface area contributed by atoms with Gasteiger partial charge in [0.1, 0.15) is 5.75 Å². The second-order valence-electron chi connectivity index (χ2n) is 4.28. The minimum atomic E-state index is -0.208. The van der Waals surface area contributed by atoms with Crippen LogP contribution in [0.15, 0.2) is 48.5 Å². The van der Waals surface area contributed by atoms with Crippen LogP contribution >= 0.6 is 0 Å². The number of nitrogens with one attached hydrogen (secondary N) is 1. The highest BCUT2D eigenvalue weighted by Crippen LogP contribution is 2.20. The summed E-state index contributed by atoms with van der Waals surface area (Å²) in [4.78, 5) is 23.6. The predicted octanol–water partition coefficient (Wildman–Crippen LogP) is 2.88. The first-order valence-corrected chi connectivity index (χ1v) is 6.17. The minimum Gasteiger partial charge on any atom is -0.497 e. The van der Waals surface area contributed by atoms with E-state index in [1.165, 1.54) is 6.92 Å². The van der Waals surface area contributed by atoms with E-state index in [9.17, 15) is 9.59 Å². The van der Waals surface area contributed by atoms with Gasteiger partial charge in [0.25, 0.3) is 0 Å². The number of methoxy groups -OCH3 is 1. The molecule has 0 saturated heterocycles. The van der Waals surface area contributed by atoms with Gasteiger partial charge in [0, 0.05) is 18.1 Å². The highest BCUT2D eigenvalue weighted by Gasteiger charge is 2.13. The molecule has 0 aliphatic carbocycles. The number of ether oxygens (including phenoxy) is 1. The van der Waals surface area contributed by atoms with E-state index >= 15 is 0 Å².